The van der Waals surface area contributed by atoms with Crippen LogP contribution in [0.5, 0.6) is 11.5 Å². The molecule has 0 radical (unpaired) electrons. The van der Waals surface area contributed by atoms with Gasteiger partial charge >= 0.3 is 5.97 Å². The normalized spacial score (nSPS) is 17.3. The molecule has 0 aliphatic carbocycles. The van der Waals surface area contributed by atoms with Crippen molar-refractivity contribution in [3.05, 3.63) is 41.5 Å². The van der Waals surface area contributed by atoms with Crippen LogP contribution >= 0.6 is 0 Å². The lowest BCUT2D eigenvalue weighted by molar-refractivity contribution is -0.267. The number of phenols is 1. The highest BCUT2D eigenvalue weighted by atomic mass is 16.8. The molecule has 9 N–H and O–H groups in total. The summed E-state index contributed by atoms with van der Waals surface area (Å²) in [6, 6.07) is -1.42. The van der Waals surface area contributed by atoms with Crippen LogP contribution in [0.2, 0.25) is 0 Å². The first-order valence-electron chi connectivity index (χ1n) is 21.1. The van der Waals surface area contributed by atoms with E-state index in [0.717, 1.165) is 47.6 Å². The number of aliphatic carboxylic acids is 1. The summed E-state index contributed by atoms with van der Waals surface area (Å²) < 4.78 is 0. The number of carboxylic acids is 1. The number of nitrogens with one attached hydrogen (secondary N) is 4. The Labute approximate surface area is 366 Å². The number of anilines is 1. The number of carbonyl (C=O) groups is 7. The number of hydrogen-bond acceptors (Lipinski definition) is 13. The lowest BCUT2D eigenvalue weighted by Gasteiger charge is -2.31. The molecule has 0 fully saturated rings. The summed E-state index contributed by atoms with van der Waals surface area (Å²) in [5, 5.41) is 72.9. The zero-order chi connectivity index (χ0) is 47.1. The summed E-state index contributed by atoms with van der Waals surface area (Å²) in [5.74, 6) is -7.08. The molecular formula is C43H62N7O13-. The molecule has 5 unspecified atom stereocenters. The van der Waals surface area contributed by atoms with Gasteiger partial charge < -0.3 is 51.5 Å². The van der Waals surface area contributed by atoms with E-state index < -0.39 is 108 Å². The second kappa shape index (κ2) is 24.0. The van der Waals surface area contributed by atoms with Crippen molar-refractivity contribution in [2.75, 3.05) is 32.5 Å². The van der Waals surface area contributed by atoms with Gasteiger partial charge in [-0.1, -0.05) is 76.7 Å². The van der Waals surface area contributed by atoms with Gasteiger partial charge in [0.2, 0.25) is 35.4 Å². The van der Waals surface area contributed by atoms with Crippen molar-refractivity contribution in [1.29, 1.82) is 0 Å². The van der Waals surface area contributed by atoms with E-state index in [0.29, 0.717) is 12.3 Å². The van der Waals surface area contributed by atoms with Crippen molar-refractivity contribution in [1.82, 2.24) is 31.1 Å². The Morgan fingerprint density at radius 2 is 1.49 bits per heavy atom. The average molecular weight is 885 g/mol. The smallest absolute Gasteiger partial charge is 0.326 e. The van der Waals surface area contributed by atoms with Gasteiger partial charge in [-0.05, 0) is 61.1 Å². The summed E-state index contributed by atoms with van der Waals surface area (Å²) >= 11 is 0. The monoisotopic (exact) mass is 884 g/mol. The van der Waals surface area contributed by atoms with E-state index in [1.165, 1.54) is 65.4 Å². The van der Waals surface area contributed by atoms with E-state index in [1.54, 1.807) is 0 Å². The van der Waals surface area contributed by atoms with E-state index >= 15 is 0 Å². The fraction of sp³-hybridized carbons (Fsp3) is 0.558. The van der Waals surface area contributed by atoms with Crippen LogP contribution in [0, 0.1) is 5.92 Å². The van der Waals surface area contributed by atoms with Crippen molar-refractivity contribution in [2.45, 2.75) is 122 Å². The van der Waals surface area contributed by atoms with Gasteiger partial charge in [-0.15, -0.1) is 5.23 Å². The topological polar surface area (TPSA) is 302 Å². The van der Waals surface area contributed by atoms with Gasteiger partial charge in [0.25, 0.3) is 0 Å². The Morgan fingerprint density at radius 1 is 0.857 bits per heavy atom. The van der Waals surface area contributed by atoms with Gasteiger partial charge in [0.15, 0.2) is 0 Å². The molecule has 348 valence electrons. The van der Waals surface area contributed by atoms with Gasteiger partial charge in [-0.2, -0.15) is 0 Å². The minimum Gasteiger partial charge on any atom is -0.871 e. The van der Waals surface area contributed by atoms with Crippen LogP contribution in [0.4, 0.5) is 5.69 Å². The molecule has 0 saturated heterocycles. The summed E-state index contributed by atoms with van der Waals surface area (Å²) in [5.41, 5.74) is -1.27. The third kappa shape index (κ3) is 14.5. The molecule has 1 heterocycles. The largest absolute Gasteiger partial charge is 0.871 e. The number of aromatic hydroxyl groups is 1. The van der Waals surface area contributed by atoms with Crippen molar-refractivity contribution < 1.29 is 64.4 Å². The highest BCUT2D eigenvalue weighted by molar-refractivity contribution is 5.96. The summed E-state index contributed by atoms with van der Waals surface area (Å²) in [6.45, 7) is 5.56. The molecule has 0 spiro atoms. The molecular weight excluding hydrogens is 823 g/mol. The number of rotatable bonds is 20. The van der Waals surface area contributed by atoms with Crippen LogP contribution in [0.25, 0.3) is 11.1 Å². The first-order chi connectivity index (χ1) is 29.7. The average Bonchev–Trinajstić information content (AvgIpc) is 3.22. The first kappa shape index (κ1) is 51.4. The Morgan fingerprint density at radius 3 is 2.10 bits per heavy atom. The van der Waals surface area contributed by atoms with E-state index in [9.17, 15) is 64.4 Å². The number of carboxylic acid groups (broad SMARTS) is 1. The predicted octanol–water partition coefficient (Wildman–Crippen LogP) is 1.45. The van der Waals surface area contributed by atoms with Crippen molar-refractivity contribution in [3.8, 4) is 22.6 Å². The molecule has 6 amide bonds. The maximum atomic E-state index is 13.9. The maximum Gasteiger partial charge on any atom is 0.326 e. The Bertz CT molecular complexity index is 1960. The van der Waals surface area contributed by atoms with Crippen LogP contribution in [-0.2, 0) is 40.0 Å². The van der Waals surface area contributed by atoms with Crippen LogP contribution in [0.15, 0.2) is 30.3 Å². The van der Waals surface area contributed by atoms with Gasteiger partial charge in [-0.3, -0.25) is 39.2 Å². The summed E-state index contributed by atoms with van der Waals surface area (Å²) in [4.78, 5) is 94.0. The molecule has 20 nitrogen and oxygen atoms in total. The fourth-order valence-corrected chi connectivity index (χ4v) is 7.12. The number of hydrogen-bond donors (Lipinski definition) is 9. The highest BCUT2D eigenvalue weighted by Gasteiger charge is 2.34. The molecule has 4 bridgehead atoms. The van der Waals surface area contributed by atoms with E-state index in [4.69, 9.17) is 0 Å². The maximum absolute atomic E-state index is 13.9. The summed E-state index contributed by atoms with van der Waals surface area (Å²) in [6.07, 6.45) is 8.02. The fourth-order valence-electron chi connectivity index (χ4n) is 7.12. The van der Waals surface area contributed by atoms with Crippen molar-refractivity contribution >= 4 is 47.1 Å². The van der Waals surface area contributed by atoms with Crippen LogP contribution in [0.1, 0.15) is 103 Å². The number of fused-ring (bicyclic) bond motifs is 5. The van der Waals surface area contributed by atoms with Gasteiger partial charge in [-0.25, -0.2) is 4.79 Å². The quantitative estimate of drug-likeness (QED) is 0.0672. The Balaban J connectivity index is 1.74. The molecule has 20 heteroatoms. The molecule has 5 atom stereocenters. The third-order valence-electron chi connectivity index (χ3n) is 11.0. The number of unbranched alkanes of at least 4 members (excludes halogenated alkanes) is 6. The Hall–Kier alpha value is -5.99. The second-order valence-electron chi connectivity index (χ2n) is 16.4. The standard InChI is InChI=1S/C43H63N7O13/c1-24(2)14-12-10-8-7-9-11-13-15-35(53)48(5)33(23-51)41(58)45-25(3)39(56)44-22-36(54)49(6)37-28-16-17-34(52)29(21-28)30-18-27(20-32(38(30)55)50(62)63)19-31(43(60)61)47-40(57)26(4)46-42(37)59/h16-18,20-21,24-26,31,33,37,51-52,55,62-63H,7-15,19,22-23H2,1-6H3,(H,44,56)(H,45,58)(H,46,59)(H,47,57)(H,60,61)/p-1. The zero-order valence-corrected chi connectivity index (χ0v) is 36.7. The van der Waals surface area contributed by atoms with Crippen molar-refractivity contribution in [3.63, 3.8) is 0 Å². The first-order valence-corrected chi connectivity index (χ1v) is 21.1. The number of aliphatic hydroxyl groups is 1. The Kier molecular flexibility index (Phi) is 19.6. The summed E-state index contributed by atoms with van der Waals surface area (Å²) in [7, 11) is 2.59. The van der Waals surface area contributed by atoms with E-state index in [-0.39, 0.29) is 34.6 Å². The minimum atomic E-state index is -1.63. The molecule has 2 aromatic carbocycles. The molecule has 1 aliphatic heterocycles. The van der Waals surface area contributed by atoms with E-state index in [2.05, 4.69) is 35.1 Å². The van der Waals surface area contributed by atoms with Crippen LogP contribution < -0.4 is 31.6 Å². The van der Waals surface area contributed by atoms with Crippen LogP contribution in [0.3, 0.4) is 0 Å². The van der Waals surface area contributed by atoms with Gasteiger partial charge in [0.1, 0.15) is 36.0 Å². The zero-order valence-electron chi connectivity index (χ0n) is 36.7. The van der Waals surface area contributed by atoms with Crippen LogP contribution in [-0.4, -0.2) is 128 Å². The van der Waals surface area contributed by atoms with Gasteiger partial charge in [0.05, 0.1) is 18.8 Å². The third-order valence-corrected chi connectivity index (χ3v) is 11.0. The lowest BCUT2D eigenvalue weighted by Crippen LogP contribution is -2.55. The number of benzene rings is 2. The molecule has 0 aromatic heterocycles. The molecule has 0 saturated carbocycles. The predicted molar refractivity (Wildman–Crippen MR) is 226 cm³/mol. The molecule has 2 aromatic rings. The number of nitrogens with zero attached hydrogens (tertiary/aromatic N) is 3. The number of phenolic OH excluding ortho intramolecular Hbond substituents is 1. The lowest BCUT2D eigenvalue weighted by atomic mass is 9.93. The number of aliphatic hydroxyl groups excluding tert-OH is 1. The highest BCUT2D eigenvalue weighted by Crippen LogP contribution is 2.42. The van der Waals surface area contributed by atoms with E-state index in [1.807, 2.05) is 0 Å². The van der Waals surface area contributed by atoms with Gasteiger partial charge in [0, 0.05) is 32.5 Å². The number of likely N-dealkylation sites (N-methyl/N-ethyl adjacent to an activating group) is 2. The minimum absolute atomic E-state index is 0.00590. The number of amides is 6. The molecule has 3 rings (SSSR count). The SMILES string of the molecule is CC(C)CCCCCCCCCC(=O)N(C)C(CO)C(=O)NC(C)C(=O)NCC(=O)N(C)C1C(=O)NC(C)C(=O)NC(C(=O)O)Cc2cc(c([O-])c(N(O)O)c2)-c2cc1ccc2O. The molecule has 63 heavy (non-hydrogen) atoms. The second-order valence-corrected chi connectivity index (χ2v) is 16.4. The van der Waals surface area contributed by atoms with Crippen molar-refractivity contribution in [2.24, 2.45) is 5.92 Å². The molecule has 1 aliphatic rings. The number of carbonyl (C=O) groups excluding carboxylic acids is 6.